The van der Waals surface area contributed by atoms with E-state index in [0.717, 1.165) is 32.5 Å². The number of rotatable bonds is 4. The van der Waals surface area contributed by atoms with E-state index in [-0.39, 0.29) is 6.04 Å². The van der Waals surface area contributed by atoms with Gasteiger partial charge in [0.1, 0.15) is 12.1 Å². The Labute approximate surface area is 154 Å². The molecule has 0 aliphatic carbocycles. The molecule has 0 fully saturated rings. The Hall–Kier alpha value is -2.79. The summed E-state index contributed by atoms with van der Waals surface area (Å²) in [5, 5.41) is 4.51. The summed E-state index contributed by atoms with van der Waals surface area (Å²) < 4.78 is 0.993. The van der Waals surface area contributed by atoms with E-state index in [1.807, 2.05) is 60.8 Å². The number of halogens is 1. The highest BCUT2D eigenvalue weighted by molar-refractivity contribution is 9.10. The maximum Gasteiger partial charge on any atom is 0.138 e. The predicted molar refractivity (Wildman–Crippen MR) is 103 cm³/mol. The van der Waals surface area contributed by atoms with Gasteiger partial charge in [0.15, 0.2) is 0 Å². The highest BCUT2D eigenvalue weighted by atomic mass is 79.9. The van der Waals surface area contributed by atoms with Gasteiger partial charge in [-0.2, -0.15) is 0 Å². The Morgan fingerprint density at radius 1 is 0.840 bits per heavy atom. The summed E-state index contributed by atoms with van der Waals surface area (Å²) in [6.45, 7) is 0. The fraction of sp³-hybridized carbons (Fsp3) is 0.0500. The van der Waals surface area contributed by atoms with Crippen molar-refractivity contribution in [1.82, 2.24) is 15.0 Å². The molecule has 0 saturated carbocycles. The van der Waals surface area contributed by atoms with Crippen LogP contribution in [0.15, 0.2) is 83.7 Å². The number of nitrogens with zero attached hydrogens (tertiary/aromatic N) is 3. The van der Waals surface area contributed by atoms with Crippen LogP contribution in [0.5, 0.6) is 0 Å². The molecule has 1 unspecified atom stereocenters. The summed E-state index contributed by atoms with van der Waals surface area (Å²) in [7, 11) is 0. The number of pyridine rings is 1. The minimum Gasteiger partial charge on any atom is -0.357 e. The third-order valence-electron chi connectivity index (χ3n) is 3.99. The predicted octanol–water partition coefficient (Wildman–Crippen LogP) is 4.99. The van der Waals surface area contributed by atoms with Crippen LogP contribution < -0.4 is 5.32 Å². The van der Waals surface area contributed by atoms with E-state index < -0.39 is 0 Å². The molecule has 122 valence electrons. The van der Waals surface area contributed by atoms with Gasteiger partial charge in [-0.1, -0.05) is 52.3 Å². The second kappa shape index (κ2) is 6.99. The molecule has 4 rings (SSSR count). The molecule has 0 aliphatic rings. The van der Waals surface area contributed by atoms with Gasteiger partial charge in [-0.05, 0) is 35.9 Å². The van der Waals surface area contributed by atoms with Gasteiger partial charge in [0, 0.05) is 16.1 Å². The van der Waals surface area contributed by atoms with Crippen molar-refractivity contribution in [3.05, 3.63) is 95.0 Å². The van der Waals surface area contributed by atoms with E-state index in [1.165, 1.54) is 0 Å². The Morgan fingerprint density at radius 3 is 2.48 bits per heavy atom. The zero-order valence-corrected chi connectivity index (χ0v) is 14.9. The minimum absolute atomic E-state index is 0.0977. The van der Waals surface area contributed by atoms with Gasteiger partial charge in [-0.25, -0.2) is 9.97 Å². The molecule has 0 amide bonds. The molecule has 0 bridgehead atoms. The molecule has 0 aliphatic heterocycles. The van der Waals surface area contributed by atoms with Crippen LogP contribution in [0.3, 0.4) is 0 Å². The molecule has 0 saturated heterocycles. The van der Waals surface area contributed by atoms with Crippen LogP contribution in [0.2, 0.25) is 0 Å². The van der Waals surface area contributed by atoms with Gasteiger partial charge in [0.2, 0.25) is 0 Å². The van der Waals surface area contributed by atoms with Crippen molar-refractivity contribution in [2.24, 2.45) is 0 Å². The molecule has 4 nitrogen and oxygen atoms in total. The van der Waals surface area contributed by atoms with Crippen LogP contribution in [0, 0.1) is 0 Å². The average molecular weight is 391 g/mol. The molecule has 2 aromatic heterocycles. The maximum atomic E-state index is 4.53. The second-order valence-electron chi connectivity index (χ2n) is 5.63. The number of fused-ring (bicyclic) bond motifs is 1. The summed E-state index contributed by atoms with van der Waals surface area (Å²) in [6, 6.07) is 22.1. The third-order valence-corrected chi connectivity index (χ3v) is 4.49. The zero-order chi connectivity index (χ0) is 17.1. The molecule has 2 aromatic carbocycles. The zero-order valence-electron chi connectivity index (χ0n) is 13.3. The van der Waals surface area contributed by atoms with Crippen LogP contribution in [0.25, 0.3) is 10.9 Å². The van der Waals surface area contributed by atoms with E-state index in [2.05, 4.69) is 48.3 Å². The van der Waals surface area contributed by atoms with Crippen molar-refractivity contribution in [3.63, 3.8) is 0 Å². The SMILES string of the molecule is Brc1ccc2ncnc(NC(c3ccccc3)c3ccccn3)c2c1. The van der Waals surface area contributed by atoms with Crippen molar-refractivity contribution in [3.8, 4) is 0 Å². The van der Waals surface area contributed by atoms with Crippen LogP contribution in [-0.4, -0.2) is 15.0 Å². The van der Waals surface area contributed by atoms with Crippen molar-refractivity contribution in [2.45, 2.75) is 6.04 Å². The van der Waals surface area contributed by atoms with E-state index in [1.54, 1.807) is 6.33 Å². The summed E-state index contributed by atoms with van der Waals surface area (Å²) in [4.78, 5) is 13.4. The van der Waals surface area contributed by atoms with Crippen LogP contribution in [-0.2, 0) is 0 Å². The van der Waals surface area contributed by atoms with Crippen molar-refractivity contribution in [2.75, 3.05) is 5.32 Å². The number of hydrogen-bond donors (Lipinski definition) is 1. The lowest BCUT2D eigenvalue weighted by atomic mass is 10.0. The normalized spacial score (nSPS) is 12.0. The van der Waals surface area contributed by atoms with Gasteiger partial charge in [-0.15, -0.1) is 0 Å². The van der Waals surface area contributed by atoms with Crippen LogP contribution in [0.1, 0.15) is 17.3 Å². The smallest absolute Gasteiger partial charge is 0.138 e. The average Bonchev–Trinajstić information content (AvgIpc) is 2.67. The van der Waals surface area contributed by atoms with Crippen molar-refractivity contribution >= 4 is 32.7 Å². The lowest BCUT2D eigenvalue weighted by molar-refractivity contribution is 0.879. The quantitative estimate of drug-likeness (QED) is 0.533. The Bertz CT molecular complexity index is 951. The summed E-state index contributed by atoms with van der Waals surface area (Å²) >= 11 is 3.53. The second-order valence-corrected chi connectivity index (χ2v) is 6.54. The fourth-order valence-electron chi connectivity index (χ4n) is 2.80. The van der Waals surface area contributed by atoms with E-state index in [9.17, 15) is 0 Å². The summed E-state index contributed by atoms with van der Waals surface area (Å²) in [5.41, 5.74) is 2.96. The highest BCUT2D eigenvalue weighted by Crippen LogP contribution is 2.29. The molecule has 4 aromatic rings. The molecule has 1 N–H and O–H groups in total. The third kappa shape index (κ3) is 3.37. The number of benzene rings is 2. The molecule has 0 spiro atoms. The van der Waals surface area contributed by atoms with Gasteiger partial charge < -0.3 is 5.32 Å². The first-order chi connectivity index (χ1) is 12.3. The first-order valence-electron chi connectivity index (χ1n) is 7.94. The molecule has 25 heavy (non-hydrogen) atoms. The van der Waals surface area contributed by atoms with Gasteiger partial charge in [0.05, 0.1) is 17.3 Å². The summed E-state index contributed by atoms with van der Waals surface area (Å²) in [6.07, 6.45) is 3.39. The minimum atomic E-state index is -0.0977. The molecule has 0 radical (unpaired) electrons. The standard InChI is InChI=1S/C20H15BrN4/c21-15-9-10-17-16(12-15)20(24-13-23-17)25-19(14-6-2-1-3-7-14)18-8-4-5-11-22-18/h1-13,19H,(H,23,24,25). The number of hydrogen-bond acceptors (Lipinski definition) is 4. The Morgan fingerprint density at radius 2 is 1.68 bits per heavy atom. The molecule has 2 heterocycles. The lowest BCUT2D eigenvalue weighted by Gasteiger charge is -2.20. The first kappa shape index (κ1) is 15.7. The lowest BCUT2D eigenvalue weighted by Crippen LogP contribution is -2.15. The number of nitrogens with one attached hydrogen (secondary N) is 1. The molecule has 1 atom stereocenters. The first-order valence-corrected chi connectivity index (χ1v) is 8.73. The monoisotopic (exact) mass is 390 g/mol. The molecular weight excluding hydrogens is 376 g/mol. The number of aromatic nitrogens is 3. The Balaban J connectivity index is 1.81. The Kier molecular flexibility index (Phi) is 4.39. The molecule has 5 heteroatoms. The topological polar surface area (TPSA) is 50.7 Å². The maximum absolute atomic E-state index is 4.53. The summed E-state index contributed by atoms with van der Waals surface area (Å²) in [5.74, 6) is 0.783. The molecular formula is C20H15BrN4. The number of anilines is 1. The van der Waals surface area contributed by atoms with Crippen molar-refractivity contribution in [1.29, 1.82) is 0 Å². The largest absolute Gasteiger partial charge is 0.357 e. The van der Waals surface area contributed by atoms with Gasteiger partial charge in [-0.3, -0.25) is 4.98 Å². The highest BCUT2D eigenvalue weighted by Gasteiger charge is 2.17. The van der Waals surface area contributed by atoms with Gasteiger partial charge in [0.25, 0.3) is 0 Å². The van der Waals surface area contributed by atoms with Crippen LogP contribution in [0.4, 0.5) is 5.82 Å². The van der Waals surface area contributed by atoms with E-state index in [4.69, 9.17) is 0 Å². The van der Waals surface area contributed by atoms with E-state index >= 15 is 0 Å². The fourth-order valence-corrected chi connectivity index (χ4v) is 3.16. The van der Waals surface area contributed by atoms with Crippen LogP contribution >= 0.6 is 15.9 Å². The van der Waals surface area contributed by atoms with E-state index in [0.29, 0.717) is 0 Å². The van der Waals surface area contributed by atoms with Crippen molar-refractivity contribution < 1.29 is 0 Å². The van der Waals surface area contributed by atoms with Gasteiger partial charge >= 0.3 is 0 Å².